The second-order valence-corrected chi connectivity index (χ2v) is 5.03. The van der Waals surface area contributed by atoms with Gasteiger partial charge in [-0.25, -0.2) is 0 Å². The molecule has 17 heavy (non-hydrogen) atoms. The average Bonchev–Trinajstić information content (AvgIpc) is 2.10. The van der Waals surface area contributed by atoms with E-state index in [9.17, 15) is 18.0 Å². The molecule has 0 radical (unpaired) electrons. The molecule has 0 saturated carbocycles. The van der Waals surface area contributed by atoms with Gasteiger partial charge in [-0.1, -0.05) is 6.92 Å². The van der Waals surface area contributed by atoms with Gasteiger partial charge in [0.1, 0.15) is 6.54 Å². The molecule has 0 rings (SSSR count). The first-order chi connectivity index (χ1) is 7.55. The van der Waals surface area contributed by atoms with Crippen molar-refractivity contribution in [2.45, 2.75) is 45.8 Å². The number of nitrogens with one attached hydrogen (secondary N) is 1. The van der Waals surface area contributed by atoms with Crippen molar-refractivity contribution in [3.63, 3.8) is 0 Å². The molecule has 1 amide bonds. The van der Waals surface area contributed by atoms with Crippen molar-refractivity contribution in [3.05, 3.63) is 0 Å². The zero-order valence-electron chi connectivity index (χ0n) is 10.8. The van der Waals surface area contributed by atoms with Gasteiger partial charge in [0.2, 0.25) is 5.91 Å². The summed E-state index contributed by atoms with van der Waals surface area (Å²) in [6.07, 6.45) is -3.83. The zero-order chi connectivity index (χ0) is 13.7. The molecule has 0 spiro atoms. The molecule has 0 aromatic heterocycles. The standard InChI is InChI=1S/C11H21F3N2O/c1-5-6-16(8-11(12,13)14)9(17)7-15-10(2,3)4/h15H,5-8H2,1-4H3. The highest BCUT2D eigenvalue weighted by Crippen LogP contribution is 2.16. The normalized spacial score (nSPS) is 12.6. The molecule has 0 fully saturated rings. The number of amides is 1. The van der Waals surface area contributed by atoms with Crippen LogP contribution < -0.4 is 5.32 Å². The Morgan fingerprint density at radius 3 is 2.12 bits per heavy atom. The molecule has 0 aliphatic carbocycles. The Morgan fingerprint density at radius 1 is 1.24 bits per heavy atom. The minimum Gasteiger partial charge on any atom is -0.332 e. The van der Waals surface area contributed by atoms with Gasteiger partial charge in [-0.2, -0.15) is 13.2 Å². The van der Waals surface area contributed by atoms with Crippen molar-refractivity contribution in [1.29, 1.82) is 0 Å². The summed E-state index contributed by atoms with van der Waals surface area (Å²) in [7, 11) is 0. The molecule has 6 heteroatoms. The molecule has 0 aliphatic heterocycles. The maximum absolute atomic E-state index is 12.2. The van der Waals surface area contributed by atoms with Gasteiger partial charge in [0.05, 0.1) is 6.54 Å². The third kappa shape index (κ3) is 8.97. The average molecular weight is 254 g/mol. The van der Waals surface area contributed by atoms with Gasteiger partial charge in [-0.3, -0.25) is 4.79 Å². The fourth-order valence-corrected chi connectivity index (χ4v) is 1.23. The number of hydrogen-bond acceptors (Lipinski definition) is 2. The van der Waals surface area contributed by atoms with Gasteiger partial charge < -0.3 is 10.2 Å². The van der Waals surface area contributed by atoms with Crippen LogP contribution in [0.5, 0.6) is 0 Å². The summed E-state index contributed by atoms with van der Waals surface area (Å²) < 4.78 is 36.7. The maximum Gasteiger partial charge on any atom is 0.406 e. The molecule has 0 atom stereocenters. The van der Waals surface area contributed by atoms with E-state index in [0.29, 0.717) is 6.42 Å². The lowest BCUT2D eigenvalue weighted by Gasteiger charge is -2.26. The first-order valence-corrected chi connectivity index (χ1v) is 5.64. The molecule has 0 aliphatic rings. The van der Waals surface area contributed by atoms with Gasteiger partial charge in [-0.05, 0) is 27.2 Å². The Labute approximate surface area is 100 Å². The highest BCUT2D eigenvalue weighted by molar-refractivity contribution is 5.78. The Hall–Kier alpha value is -0.780. The van der Waals surface area contributed by atoms with E-state index in [1.165, 1.54) is 0 Å². The number of rotatable bonds is 5. The van der Waals surface area contributed by atoms with Crippen LogP contribution in [0.4, 0.5) is 13.2 Å². The van der Waals surface area contributed by atoms with Gasteiger partial charge in [0.25, 0.3) is 0 Å². The molecule has 0 heterocycles. The fraction of sp³-hybridized carbons (Fsp3) is 0.909. The summed E-state index contributed by atoms with van der Waals surface area (Å²) >= 11 is 0. The van der Waals surface area contributed by atoms with E-state index in [1.54, 1.807) is 6.92 Å². The van der Waals surface area contributed by atoms with Crippen molar-refractivity contribution < 1.29 is 18.0 Å². The number of halogens is 3. The molecule has 0 aromatic carbocycles. The Bertz CT molecular complexity index is 246. The van der Waals surface area contributed by atoms with Crippen LogP contribution in [0, 0.1) is 0 Å². The molecule has 0 unspecified atom stereocenters. The summed E-state index contributed by atoms with van der Waals surface area (Å²) in [5, 5.41) is 2.89. The van der Waals surface area contributed by atoms with E-state index in [2.05, 4.69) is 5.32 Å². The summed E-state index contributed by atoms with van der Waals surface area (Å²) in [5.41, 5.74) is -0.286. The number of nitrogens with zero attached hydrogens (tertiary/aromatic N) is 1. The molecular formula is C11H21F3N2O. The topological polar surface area (TPSA) is 32.3 Å². The van der Waals surface area contributed by atoms with Gasteiger partial charge in [-0.15, -0.1) is 0 Å². The van der Waals surface area contributed by atoms with Crippen molar-refractivity contribution >= 4 is 5.91 Å². The quantitative estimate of drug-likeness (QED) is 0.815. The molecular weight excluding hydrogens is 233 g/mol. The van der Waals surface area contributed by atoms with Crippen LogP contribution in [0.15, 0.2) is 0 Å². The van der Waals surface area contributed by atoms with Crippen LogP contribution in [-0.2, 0) is 4.79 Å². The minimum atomic E-state index is -4.34. The van der Waals surface area contributed by atoms with E-state index in [0.717, 1.165) is 4.90 Å². The molecule has 0 bridgehead atoms. The third-order valence-electron chi connectivity index (χ3n) is 1.99. The summed E-state index contributed by atoms with van der Waals surface area (Å²) in [6.45, 7) is 6.19. The molecule has 1 N–H and O–H groups in total. The van der Waals surface area contributed by atoms with Crippen LogP contribution in [0.1, 0.15) is 34.1 Å². The zero-order valence-corrected chi connectivity index (χ0v) is 10.8. The first kappa shape index (κ1) is 16.2. The third-order valence-corrected chi connectivity index (χ3v) is 1.99. The second-order valence-electron chi connectivity index (χ2n) is 5.03. The lowest BCUT2D eigenvalue weighted by Crippen LogP contribution is -2.47. The second kappa shape index (κ2) is 6.23. The van der Waals surface area contributed by atoms with Crippen molar-refractivity contribution in [2.24, 2.45) is 0 Å². The Balaban J connectivity index is 4.35. The minimum absolute atomic E-state index is 0.0699. The van der Waals surface area contributed by atoms with Gasteiger partial charge in [0, 0.05) is 12.1 Å². The number of carbonyl (C=O) groups is 1. The van der Waals surface area contributed by atoms with E-state index in [1.807, 2.05) is 20.8 Å². The fourth-order valence-electron chi connectivity index (χ4n) is 1.23. The molecule has 3 nitrogen and oxygen atoms in total. The van der Waals surface area contributed by atoms with E-state index < -0.39 is 18.6 Å². The van der Waals surface area contributed by atoms with Gasteiger partial charge in [0.15, 0.2) is 0 Å². The predicted octanol–water partition coefficient (Wildman–Crippen LogP) is 2.18. The summed E-state index contributed by atoms with van der Waals surface area (Å²) in [4.78, 5) is 12.5. The van der Waals surface area contributed by atoms with E-state index in [4.69, 9.17) is 0 Å². The lowest BCUT2D eigenvalue weighted by atomic mass is 10.1. The van der Waals surface area contributed by atoms with Crippen LogP contribution in [0.3, 0.4) is 0 Å². The summed E-state index contributed by atoms with van der Waals surface area (Å²) in [5.74, 6) is -0.515. The van der Waals surface area contributed by atoms with Crippen LogP contribution in [0.25, 0.3) is 0 Å². The Morgan fingerprint density at radius 2 is 1.76 bits per heavy atom. The van der Waals surface area contributed by atoms with Gasteiger partial charge >= 0.3 is 6.18 Å². The number of alkyl halides is 3. The number of hydrogen-bond donors (Lipinski definition) is 1. The largest absolute Gasteiger partial charge is 0.406 e. The highest BCUT2D eigenvalue weighted by atomic mass is 19.4. The molecule has 0 aromatic rings. The molecule has 0 saturated heterocycles. The predicted molar refractivity (Wildman–Crippen MR) is 60.7 cm³/mol. The van der Waals surface area contributed by atoms with Crippen LogP contribution in [-0.4, -0.2) is 42.2 Å². The SMILES string of the molecule is CCCN(CC(F)(F)F)C(=O)CNC(C)(C)C. The highest BCUT2D eigenvalue weighted by Gasteiger charge is 2.32. The number of carbonyl (C=O) groups excluding carboxylic acids is 1. The van der Waals surface area contributed by atoms with Crippen LogP contribution >= 0.6 is 0 Å². The van der Waals surface area contributed by atoms with Crippen molar-refractivity contribution in [3.8, 4) is 0 Å². The Kier molecular flexibility index (Phi) is 5.95. The lowest BCUT2D eigenvalue weighted by molar-refractivity contribution is -0.160. The molecule has 102 valence electrons. The monoisotopic (exact) mass is 254 g/mol. The maximum atomic E-state index is 12.2. The van der Waals surface area contributed by atoms with Crippen LogP contribution in [0.2, 0.25) is 0 Å². The van der Waals surface area contributed by atoms with E-state index >= 15 is 0 Å². The van der Waals surface area contributed by atoms with Crippen molar-refractivity contribution in [1.82, 2.24) is 10.2 Å². The smallest absolute Gasteiger partial charge is 0.332 e. The van der Waals surface area contributed by atoms with Crippen molar-refractivity contribution in [2.75, 3.05) is 19.6 Å². The summed E-state index contributed by atoms with van der Waals surface area (Å²) in [6, 6.07) is 0. The first-order valence-electron chi connectivity index (χ1n) is 5.64. The van der Waals surface area contributed by atoms with E-state index in [-0.39, 0.29) is 18.6 Å².